The van der Waals surface area contributed by atoms with Gasteiger partial charge < -0.3 is 10.2 Å². The van der Waals surface area contributed by atoms with Crippen LogP contribution in [0.15, 0.2) is 42.5 Å². The molecule has 0 saturated heterocycles. The van der Waals surface area contributed by atoms with E-state index in [9.17, 15) is 22.4 Å². The molecule has 0 spiro atoms. The summed E-state index contributed by atoms with van der Waals surface area (Å²) in [4.78, 5) is 27.5. The number of amides is 2. The third-order valence-corrected chi connectivity index (χ3v) is 7.37. The number of hydrogen-bond acceptors (Lipinski definition) is 4. The quantitative estimate of drug-likeness (QED) is 0.429. The first kappa shape index (κ1) is 29.6. The van der Waals surface area contributed by atoms with Gasteiger partial charge in [-0.15, -0.1) is 0 Å². The van der Waals surface area contributed by atoms with E-state index in [-0.39, 0.29) is 43.7 Å². The molecule has 0 aliphatic rings. The molecule has 0 bridgehead atoms. The summed E-state index contributed by atoms with van der Waals surface area (Å²) in [6, 6.07) is 10.0. The number of anilines is 1. The molecule has 2 aromatic rings. The molecule has 0 aromatic heterocycles. The SMILES string of the molecule is Cc1c(Cl)cccc1N(CCCC(=O)N(Cc1ccc(F)cc1)[C@@H](C)C(=O)NCC(C)C)S(C)(=O)=O. The van der Waals surface area contributed by atoms with Crippen LogP contribution in [-0.2, 0) is 26.2 Å². The van der Waals surface area contributed by atoms with Gasteiger partial charge in [0.25, 0.3) is 0 Å². The van der Waals surface area contributed by atoms with Gasteiger partial charge in [0.05, 0.1) is 11.9 Å². The summed E-state index contributed by atoms with van der Waals surface area (Å²) in [6.45, 7) is 8.01. The van der Waals surface area contributed by atoms with Crippen molar-refractivity contribution in [3.8, 4) is 0 Å². The van der Waals surface area contributed by atoms with Gasteiger partial charge in [-0.1, -0.05) is 43.6 Å². The van der Waals surface area contributed by atoms with Crippen molar-refractivity contribution in [2.75, 3.05) is 23.7 Å². The molecular formula is C26H35ClFN3O4S. The molecule has 0 radical (unpaired) electrons. The molecule has 0 fully saturated rings. The molecule has 0 heterocycles. The summed E-state index contributed by atoms with van der Waals surface area (Å²) >= 11 is 6.19. The Morgan fingerprint density at radius 1 is 1.08 bits per heavy atom. The standard InChI is InChI=1S/C26H35ClFN3O4S/c1-18(2)16-29-26(33)20(4)30(17-21-11-13-22(28)14-12-21)25(32)10-7-15-31(36(5,34)35)24-9-6-8-23(27)19(24)3/h6,8-9,11-14,18,20H,7,10,15-17H2,1-5H3,(H,29,33)/t20-/m0/s1. The molecule has 7 nitrogen and oxygen atoms in total. The Hall–Kier alpha value is -2.65. The fraction of sp³-hybridized carbons (Fsp3) is 0.462. The lowest BCUT2D eigenvalue weighted by atomic mass is 10.1. The average molecular weight is 540 g/mol. The van der Waals surface area contributed by atoms with E-state index in [1.165, 1.54) is 21.3 Å². The van der Waals surface area contributed by atoms with Crippen molar-refractivity contribution in [3.63, 3.8) is 0 Å². The van der Waals surface area contributed by atoms with E-state index in [4.69, 9.17) is 11.6 Å². The highest BCUT2D eigenvalue weighted by molar-refractivity contribution is 7.92. The Kier molecular flexibility index (Phi) is 10.7. The van der Waals surface area contributed by atoms with Crippen molar-refractivity contribution in [1.29, 1.82) is 0 Å². The smallest absolute Gasteiger partial charge is 0.242 e. The van der Waals surface area contributed by atoms with Crippen molar-refractivity contribution < 1.29 is 22.4 Å². The highest BCUT2D eigenvalue weighted by atomic mass is 35.5. The number of rotatable bonds is 12. The molecule has 10 heteroatoms. The monoisotopic (exact) mass is 539 g/mol. The normalized spacial score (nSPS) is 12.3. The lowest BCUT2D eigenvalue weighted by molar-refractivity contribution is -0.140. The Bertz CT molecular complexity index is 1160. The van der Waals surface area contributed by atoms with Gasteiger partial charge in [0.2, 0.25) is 21.8 Å². The van der Waals surface area contributed by atoms with Crippen LogP contribution in [0.25, 0.3) is 0 Å². The minimum Gasteiger partial charge on any atom is -0.354 e. The first-order valence-corrected chi connectivity index (χ1v) is 14.1. The number of nitrogens with one attached hydrogen (secondary N) is 1. The van der Waals surface area contributed by atoms with Crippen LogP contribution in [0.5, 0.6) is 0 Å². The number of nitrogens with zero attached hydrogens (tertiary/aromatic N) is 2. The summed E-state index contributed by atoms with van der Waals surface area (Å²) in [5.41, 5.74) is 1.77. The number of benzene rings is 2. The third kappa shape index (κ3) is 8.48. The summed E-state index contributed by atoms with van der Waals surface area (Å²) in [7, 11) is -3.62. The van der Waals surface area contributed by atoms with Crippen molar-refractivity contribution in [3.05, 3.63) is 64.4 Å². The van der Waals surface area contributed by atoms with Gasteiger partial charge in [-0.25, -0.2) is 12.8 Å². The summed E-state index contributed by atoms with van der Waals surface area (Å²) in [5.74, 6) is -0.731. The molecule has 2 rings (SSSR count). The van der Waals surface area contributed by atoms with Gasteiger partial charge in [0.15, 0.2) is 0 Å². The van der Waals surface area contributed by atoms with Gasteiger partial charge in [-0.05, 0) is 61.6 Å². The van der Waals surface area contributed by atoms with Gasteiger partial charge >= 0.3 is 0 Å². The van der Waals surface area contributed by atoms with E-state index >= 15 is 0 Å². The van der Waals surface area contributed by atoms with E-state index in [0.29, 0.717) is 28.4 Å². The zero-order valence-electron chi connectivity index (χ0n) is 21.4. The number of carbonyl (C=O) groups is 2. The second-order valence-corrected chi connectivity index (χ2v) is 11.6. The molecule has 1 N–H and O–H groups in total. The van der Waals surface area contributed by atoms with Gasteiger partial charge in [-0.3, -0.25) is 13.9 Å². The third-order valence-electron chi connectivity index (χ3n) is 5.78. The Morgan fingerprint density at radius 2 is 1.72 bits per heavy atom. The summed E-state index contributed by atoms with van der Waals surface area (Å²) in [6.07, 6.45) is 1.36. The number of carbonyl (C=O) groups excluding carboxylic acids is 2. The number of sulfonamides is 1. The van der Waals surface area contributed by atoms with Gasteiger partial charge in [0, 0.05) is 31.1 Å². The second-order valence-electron chi connectivity index (χ2n) is 9.29. The Labute approximate surface area is 218 Å². The van der Waals surface area contributed by atoms with Gasteiger partial charge in [0.1, 0.15) is 11.9 Å². The molecular weight excluding hydrogens is 505 g/mol. The van der Waals surface area contributed by atoms with Crippen LogP contribution >= 0.6 is 11.6 Å². The minimum absolute atomic E-state index is 0.0224. The second kappa shape index (κ2) is 13.1. The topological polar surface area (TPSA) is 86.8 Å². The molecule has 0 unspecified atom stereocenters. The Morgan fingerprint density at radius 3 is 2.31 bits per heavy atom. The van der Waals surface area contributed by atoms with Crippen LogP contribution in [0.2, 0.25) is 5.02 Å². The molecule has 2 aromatic carbocycles. The highest BCUT2D eigenvalue weighted by Gasteiger charge is 2.27. The minimum atomic E-state index is -3.62. The van der Waals surface area contributed by atoms with Crippen molar-refractivity contribution >= 4 is 39.1 Å². The molecule has 2 amide bonds. The summed E-state index contributed by atoms with van der Waals surface area (Å²) < 4.78 is 39.6. The maximum absolute atomic E-state index is 13.4. The number of hydrogen-bond donors (Lipinski definition) is 1. The lowest BCUT2D eigenvalue weighted by Crippen LogP contribution is -2.48. The average Bonchev–Trinajstić information content (AvgIpc) is 2.80. The molecule has 0 aliphatic heterocycles. The lowest BCUT2D eigenvalue weighted by Gasteiger charge is -2.30. The maximum Gasteiger partial charge on any atom is 0.242 e. The fourth-order valence-electron chi connectivity index (χ4n) is 3.67. The molecule has 36 heavy (non-hydrogen) atoms. The largest absolute Gasteiger partial charge is 0.354 e. The molecule has 0 aliphatic carbocycles. The van der Waals surface area contributed by atoms with Crippen LogP contribution in [0, 0.1) is 18.7 Å². The van der Waals surface area contributed by atoms with E-state index in [2.05, 4.69) is 5.32 Å². The van der Waals surface area contributed by atoms with Crippen LogP contribution < -0.4 is 9.62 Å². The fourth-order valence-corrected chi connectivity index (χ4v) is 4.86. The zero-order chi connectivity index (χ0) is 27.0. The van der Waals surface area contributed by atoms with E-state index in [1.807, 2.05) is 13.8 Å². The van der Waals surface area contributed by atoms with Crippen molar-refractivity contribution in [1.82, 2.24) is 10.2 Å². The van der Waals surface area contributed by atoms with Gasteiger partial charge in [-0.2, -0.15) is 0 Å². The predicted octanol–water partition coefficient (Wildman–Crippen LogP) is 4.52. The predicted molar refractivity (Wildman–Crippen MR) is 142 cm³/mol. The zero-order valence-corrected chi connectivity index (χ0v) is 23.0. The van der Waals surface area contributed by atoms with Crippen molar-refractivity contribution in [2.45, 2.75) is 53.1 Å². The first-order chi connectivity index (χ1) is 16.8. The van der Waals surface area contributed by atoms with Crippen LogP contribution in [-0.4, -0.2) is 50.5 Å². The van der Waals surface area contributed by atoms with Crippen LogP contribution in [0.4, 0.5) is 10.1 Å². The van der Waals surface area contributed by atoms with Crippen LogP contribution in [0.3, 0.4) is 0 Å². The molecule has 0 saturated carbocycles. The highest BCUT2D eigenvalue weighted by Crippen LogP contribution is 2.28. The van der Waals surface area contributed by atoms with E-state index in [0.717, 1.165) is 6.26 Å². The molecule has 1 atom stereocenters. The molecule has 198 valence electrons. The van der Waals surface area contributed by atoms with Crippen LogP contribution in [0.1, 0.15) is 44.7 Å². The maximum atomic E-state index is 13.4. The number of halogens is 2. The Balaban J connectivity index is 2.19. The van der Waals surface area contributed by atoms with Crippen molar-refractivity contribution in [2.24, 2.45) is 5.92 Å². The van der Waals surface area contributed by atoms with E-state index < -0.39 is 21.9 Å². The summed E-state index contributed by atoms with van der Waals surface area (Å²) in [5, 5.41) is 3.29. The van der Waals surface area contributed by atoms with E-state index in [1.54, 1.807) is 44.2 Å². The first-order valence-electron chi connectivity index (χ1n) is 11.9.